The third-order valence-electron chi connectivity index (χ3n) is 5.39. The van der Waals surface area contributed by atoms with Gasteiger partial charge in [-0.1, -0.05) is 17.7 Å². The Kier molecular flexibility index (Phi) is 6.01. The van der Waals surface area contributed by atoms with Gasteiger partial charge in [0, 0.05) is 31.1 Å². The van der Waals surface area contributed by atoms with Crippen molar-refractivity contribution in [3.8, 4) is 0 Å². The lowest BCUT2D eigenvalue weighted by Crippen LogP contribution is -2.31. The third kappa shape index (κ3) is 4.75. The summed E-state index contributed by atoms with van der Waals surface area (Å²) in [5.74, 6) is 0.794. The van der Waals surface area contributed by atoms with Crippen molar-refractivity contribution in [2.24, 2.45) is 0 Å². The van der Waals surface area contributed by atoms with Crippen LogP contribution in [0.25, 0.3) is 0 Å². The predicted molar refractivity (Wildman–Crippen MR) is 119 cm³/mol. The number of hydrogen-bond donors (Lipinski definition) is 1. The van der Waals surface area contributed by atoms with Crippen LogP contribution in [-0.4, -0.2) is 56.8 Å². The monoisotopic (exact) mass is 442 g/mol. The van der Waals surface area contributed by atoms with Crippen LogP contribution in [0, 0.1) is 10.1 Å². The number of nitro groups is 1. The van der Waals surface area contributed by atoms with Crippen molar-refractivity contribution in [1.82, 2.24) is 24.6 Å². The van der Waals surface area contributed by atoms with E-state index in [1.165, 1.54) is 18.3 Å². The van der Waals surface area contributed by atoms with E-state index >= 15 is 0 Å². The molecule has 0 bridgehead atoms. The van der Waals surface area contributed by atoms with Gasteiger partial charge in [0.2, 0.25) is 5.95 Å². The lowest BCUT2D eigenvalue weighted by Gasteiger charge is -2.28. The van der Waals surface area contributed by atoms with Gasteiger partial charge in [0.25, 0.3) is 5.69 Å². The van der Waals surface area contributed by atoms with Crippen LogP contribution in [0.2, 0.25) is 5.02 Å². The van der Waals surface area contributed by atoms with E-state index in [2.05, 4.69) is 32.3 Å². The molecule has 31 heavy (non-hydrogen) atoms. The number of hydrogen-bond acceptors (Lipinski definition) is 8. The molecule has 1 N–H and O–H groups in total. The summed E-state index contributed by atoms with van der Waals surface area (Å²) in [4.78, 5) is 23.4. The zero-order valence-corrected chi connectivity index (χ0v) is 18.0. The average Bonchev–Trinajstić information content (AvgIpc) is 3.23. The van der Waals surface area contributed by atoms with E-state index in [4.69, 9.17) is 11.6 Å². The van der Waals surface area contributed by atoms with Gasteiger partial charge in [-0.3, -0.25) is 14.8 Å². The van der Waals surface area contributed by atoms with Crippen LogP contribution in [0.1, 0.15) is 18.9 Å². The van der Waals surface area contributed by atoms with Crippen molar-refractivity contribution in [3.63, 3.8) is 0 Å². The molecule has 3 aromatic rings. The highest BCUT2D eigenvalue weighted by molar-refractivity contribution is 6.33. The number of piperidine rings is 1. The lowest BCUT2D eigenvalue weighted by atomic mass is 10.1. The number of nitrogens with one attached hydrogen (secondary N) is 1. The molecule has 0 atom stereocenters. The van der Waals surface area contributed by atoms with Crippen molar-refractivity contribution in [1.29, 1.82) is 0 Å². The quantitative estimate of drug-likeness (QED) is 0.451. The largest absolute Gasteiger partial charge is 0.328 e. The zero-order valence-electron chi connectivity index (χ0n) is 17.3. The van der Waals surface area contributed by atoms with Crippen LogP contribution in [0.5, 0.6) is 0 Å². The van der Waals surface area contributed by atoms with Crippen molar-refractivity contribution in [2.45, 2.75) is 18.9 Å². The Balaban J connectivity index is 1.52. The van der Waals surface area contributed by atoms with Crippen LogP contribution in [-0.2, 0) is 0 Å². The van der Waals surface area contributed by atoms with Crippen LogP contribution in [0.3, 0.4) is 0 Å². The van der Waals surface area contributed by atoms with Crippen LogP contribution in [0.4, 0.5) is 28.8 Å². The fourth-order valence-corrected chi connectivity index (χ4v) is 3.80. The molecule has 1 fully saturated rings. The van der Waals surface area contributed by atoms with E-state index in [1.807, 2.05) is 10.9 Å². The number of halogens is 1. The van der Waals surface area contributed by atoms with Crippen LogP contribution in [0.15, 0.2) is 42.9 Å². The number of benzene rings is 1. The molecule has 0 saturated carbocycles. The molecule has 0 spiro atoms. The minimum absolute atomic E-state index is 0.00537. The maximum absolute atomic E-state index is 11.1. The summed E-state index contributed by atoms with van der Waals surface area (Å²) >= 11 is 6.31. The first-order valence-electron chi connectivity index (χ1n) is 9.91. The molecule has 3 heterocycles. The van der Waals surface area contributed by atoms with Gasteiger partial charge < -0.3 is 15.1 Å². The van der Waals surface area contributed by atoms with Crippen molar-refractivity contribution < 1.29 is 4.92 Å². The molecular formula is C20H23ClN8O2. The van der Waals surface area contributed by atoms with Gasteiger partial charge in [0.05, 0.1) is 29.0 Å². The second kappa shape index (κ2) is 8.86. The molecular weight excluding hydrogens is 420 g/mol. The predicted octanol–water partition coefficient (Wildman–Crippen LogP) is 4.01. The van der Waals surface area contributed by atoms with Crippen molar-refractivity contribution in [3.05, 3.63) is 58.0 Å². The molecule has 1 aliphatic heterocycles. The Hall–Kier alpha value is -3.24. The Morgan fingerprint density at radius 3 is 2.81 bits per heavy atom. The van der Waals surface area contributed by atoms with Gasteiger partial charge in [-0.2, -0.15) is 10.1 Å². The van der Waals surface area contributed by atoms with Crippen molar-refractivity contribution in [2.75, 3.05) is 37.4 Å². The molecule has 0 unspecified atom stereocenters. The number of likely N-dealkylation sites (tertiary alicyclic amines) is 1. The molecule has 4 rings (SSSR count). The minimum atomic E-state index is -0.437. The molecule has 0 aliphatic carbocycles. The second-order valence-corrected chi connectivity index (χ2v) is 7.98. The highest BCUT2D eigenvalue weighted by Gasteiger charge is 2.19. The molecule has 10 nitrogen and oxygen atoms in total. The first-order valence-corrected chi connectivity index (χ1v) is 10.3. The van der Waals surface area contributed by atoms with E-state index in [1.54, 1.807) is 30.3 Å². The maximum atomic E-state index is 11.1. The highest BCUT2D eigenvalue weighted by atomic mass is 35.5. The Morgan fingerprint density at radius 1 is 1.29 bits per heavy atom. The SMILES string of the molecule is CN1CCC(n2cc(Nc3ncc(Cl)c(N(C)c4cccc([N+](=O)[O-])c4)n3)cn2)CC1. The first kappa shape index (κ1) is 21.0. The zero-order chi connectivity index (χ0) is 22.0. The third-order valence-corrected chi connectivity index (χ3v) is 5.66. The molecule has 0 amide bonds. The molecule has 0 radical (unpaired) electrons. The summed E-state index contributed by atoms with van der Waals surface area (Å²) in [6.45, 7) is 2.11. The standard InChI is InChI=1S/C20H23ClN8O2/c1-26-8-6-15(7-9-26)28-13-14(11-23-28)24-20-22-12-18(21)19(25-20)27(2)16-4-3-5-17(10-16)29(30)31/h3-5,10-13,15H,6-9H2,1-2H3,(H,22,24,25). The molecule has 1 saturated heterocycles. The van der Waals surface area contributed by atoms with Crippen LogP contribution >= 0.6 is 11.6 Å². The summed E-state index contributed by atoms with van der Waals surface area (Å²) in [5.41, 5.74) is 1.37. The van der Waals surface area contributed by atoms with Gasteiger partial charge >= 0.3 is 0 Å². The topological polar surface area (TPSA) is 105 Å². The Morgan fingerprint density at radius 2 is 2.06 bits per heavy atom. The van der Waals surface area contributed by atoms with Gasteiger partial charge in [0.15, 0.2) is 5.82 Å². The molecule has 162 valence electrons. The number of non-ortho nitro benzene ring substituents is 1. The number of rotatable bonds is 6. The van der Waals surface area contributed by atoms with Gasteiger partial charge in [0.1, 0.15) is 5.02 Å². The Labute approximate surface area is 184 Å². The fourth-order valence-electron chi connectivity index (χ4n) is 3.58. The van der Waals surface area contributed by atoms with Gasteiger partial charge in [-0.15, -0.1) is 0 Å². The maximum Gasteiger partial charge on any atom is 0.271 e. The number of anilines is 4. The van der Waals surface area contributed by atoms with Gasteiger partial charge in [-0.05, 0) is 39.0 Å². The minimum Gasteiger partial charge on any atom is -0.328 e. The van der Waals surface area contributed by atoms with Gasteiger partial charge in [-0.25, -0.2) is 4.98 Å². The smallest absolute Gasteiger partial charge is 0.271 e. The second-order valence-electron chi connectivity index (χ2n) is 7.57. The molecule has 1 aromatic carbocycles. The van der Waals surface area contributed by atoms with Crippen molar-refractivity contribution >= 4 is 40.4 Å². The summed E-state index contributed by atoms with van der Waals surface area (Å²) in [7, 11) is 3.88. The normalized spacial score (nSPS) is 15.1. The summed E-state index contributed by atoms with van der Waals surface area (Å²) in [6, 6.07) is 6.67. The van der Waals surface area contributed by atoms with E-state index in [-0.39, 0.29) is 5.69 Å². The summed E-state index contributed by atoms with van der Waals surface area (Å²) in [5, 5.41) is 19.1. The van der Waals surface area contributed by atoms with E-state index in [0.29, 0.717) is 28.5 Å². The molecule has 1 aliphatic rings. The number of nitro benzene ring substituents is 1. The highest BCUT2D eigenvalue weighted by Crippen LogP contribution is 2.31. The van der Waals surface area contributed by atoms with E-state index in [9.17, 15) is 10.1 Å². The fraction of sp³-hybridized carbons (Fsp3) is 0.350. The molecule has 11 heteroatoms. The number of aromatic nitrogens is 4. The first-order chi connectivity index (χ1) is 14.9. The summed E-state index contributed by atoms with van der Waals surface area (Å²) in [6.07, 6.45) is 7.33. The lowest BCUT2D eigenvalue weighted by molar-refractivity contribution is -0.384. The van der Waals surface area contributed by atoms with E-state index < -0.39 is 4.92 Å². The molecule has 2 aromatic heterocycles. The number of nitrogens with zero attached hydrogens (tertiary/aromatic N) is 7. The summed E-state index contributed by atoms with van der Waals surface area (Å²) < 4.78 is 1.99. The average molecular weight is 443 g/mol. The van der Waals surface area contributed by atoms with Crippen LogP contribution < -0.4 is 10.2 Å². The van der Waals surface area contributed by atoms with E-state index in [0.717, 1.165) is 31.6 Å². The Bertz CT molecular complexity index is 1080.